The molecule has 0 unspecified atom stereocenters. The van der Waals surface area contributed by atoms with Gasteiger partial charge in [-0.1, -0.05) is 24.3 Å². The van der Waals surface area contributed by atoms with Gasteiger partial charge in [-0.25, -0.2) is 4.18 Å². The lowest BCUT2D eigenvalue weighted by molar-refractivity contribution is 0.272. The Kier molecular flexibility index (Phi) is 3.41. The predicted octanol–water partition coefficient (Wildman–Crippen LogP) is 0.849. The molecule has 0 saturated carbocycles. The van der Waals surface area contributed by atoms with Gasteiger partial charge in [-0.15, -0.1) is 0 Å². The largest absolute Gasteiger partial charge is 0.397 e. The molecule has 0 amide bonds. The molecule has 13 heavy (non-hydrogen) atoms. The minimum absolute atomic E-state index is 0.0527. The highest BCUT2D eigenvalue weighted by Crippen LogP contribution is 2.00. The Hall–Kier alpha value is -0.910. The highest BCUT2D eigenvalue weighted by atomic mass is 32.3. The first kappa shape index (κ1) is 10.2. The smallest absolute Gasteiger partial charge is 0.264 e. The highest BCUT2D eigenvalue weighted by Gasteiger charge is 2.03. The second kappa shape index (κ2) is 4.36. The van der Waals surface area contributed by atoms with Crippen LogP contribution in [0.3, 0.4) is 0 Å². The first-order chi connectivity index (χ1) is 6.08. The van der Waals surface area contributed by atoms with Crippen molar-refractivity contribution in [1.82, 2.24) is 0 Å². The highest BCUT2D eigenvalue weighted by molar-refractivity contribution is 7.80. The van der Waals surface area contributed by atoms with Gasteiger partial charge < -0.3 is 0 Å². The second-order valence-corrected chi connectivity index (χ2v) is 3.50. The van der Waals surface area contributed by atoms with E-state index in [4.69, 9.17) is 4.55 Å². The molecule has 0 fully saturated rings. The Bertz CT molecular complexity index is 344. The average molecular weight is 201 g/mol. The van der Waals surface area contributed by atoms with Gasteiger partial charge in [0.25, 0.3) is 0 Å². The first-order valence-electron chi connectivity index (χ1n) is 3.65. The summed E-state index contributed by atoms with van der Waals surface area (Å²) in [7, 11) is -4.30. The van der Waals surface area contributed by atoms with Crippen LogP contribution in [0.2, 0.25) is 0 Å². The molecule has 0 aliphatic carbocycles. The van der Waals surface area contributed by atoms with E-state index in [0.29, 0.717) is 6.42 Å². The molecule has 0 aromatic heterocycles. The number of hydrogen-bond acceptors (Lipinski definition) is 3. The van der Waals surface area contributed by atoms with Crippen molar-refractivity contribution in [2.45, 2.75) is 6.42 Å². The summed E-state index contributed by atoms with van der Waals surface area (Å²) in [6.45, 7) is -0.0527. The minimum Gasteiger partial charge on any atom is -0.264 e. The second-order valence-electron chi connectivity index (χ2n) is 2.41. The summed E-state index contributed by atoms with van der Waals surface area (Å²) in [5.74, 6) is 0. The van der Waals surface area contributed by atoms with Crippen molar-refractivity contribution in [2.24, 2.45) is 0 Å². The predicted molar refractivity (Wildman–Crippen MR) is 46.5 cm³/mol. The monoisotopic (exact) mass is 201 g/mol. The summed E-state index contributed by atoms with van der Waals surface area (Å²) in [5.41, 5.74) is 0.933. The zero-order valence-corrected chi connectivity index (χ0v) is 7.62. The van der Waals surface area contributed by atoms with E-state index in [0.717, 1.165) is 5.56 Å². The van der Waals surface area contributed by atoms with Gasteiger partial charge >= 0.3 is 10.4 Å². The molecule has 0 spiro atoms. The van der Waals surface area contributed by atoms with E-state index in [2.05, 4.69) is 10.2 Å². The summed E-state index contributed by atoms with van der Waals surface area (Å²) in [4.78, 5) is 0. The molecule has 1 aromatic carbocycles. The summed E-state index contributed by atoms with van der Waals surface area (Å²) in [6.07, 6.45) is 0.439. The van der Waals surface area contributed by atoms with E-state index < -0.39 is 10.4 Å². The molecule has 1 N–H and O–H groups in total. The summed E-state index contributed by atoms with van der Waals surface area (Å²) in [5, 5.41) is 0. The third kappa shape index (κ3) is 4.62. The lowest BCUT2D eigenvalue weighted by Gasteiger charge is -1.99. The van der Waals surface area contributed by atoms with Crippen molar-refractivity contribution in [2.75, 3.05) is 6.61 Å². The van der Waals surface area contributed by atoms with Crippen LogP contribution in [0.25, 0.3) is 0 Å². The molecule has 5 heteroatoms. The van der Waals surface area contributed by atoms with Crippen molar-refractivity contribution >= 4 is 10.4 Å². The van der Waals surface area contributed by atoms with Gasteiger partial charge in [0.05, 0.1) is 6.61 Å². The maximum absolute atomic E-state index is 10.1. The summed E-state index contributed by atoms with van der Waals surface area (Å²) in [6, 6.07) is 9.88. The molecule has 0 aliphatic rings. The molecule has 0 heterocycles. The van der Waals surface area contributed by atoms with Gasteiger partial charge in [-0.3, -0.25) is 4.55 Å². The third-order valence-corrected chi connectivity index (χ3v) is 1.87. The van der Waals surface area contributed by atoms with Crippen molar-refractivity contribution in [3.8, 4) is 0 Å². The molecular weight excluding hydrogens is 192 g/mol. The minimum atomic E-state index is -4.30. The van der Waals surface area contributed by atoms with Gasteiger partial charge in [0, 0.05) is 0 Å². The molecule has 1 rings (SSSR count). The summed E-state index contributed by atoms with van der Waals surface area (Å²) >= 11 is 0. The van der Waals surface area contributed by atoms with Gasteiger partial charge in [0.15, 0.2) is 0 Å². The zero-order valence-electron chi connectivity index (χ0n) is 6.80. The van der Waals surface area contributed by atoms with Crippen LogP contribution in [0.5, 0.6) is 0 Å². The number of hydrogen-bond donors (Lipinski definition) is 1. The van der Waals surface area contributed by atoms with Crippen LogP contribution in [-0.2, 0) is 21.0 Å². The quantitative estimate of drug-likeness (QED) is 0.733. The topological polar surface area (TPSA) is 63.6 Å². The van der Waals surface area contributed by atoms with Crippen molar-refractivity contribution in [3.63, 3.8) is 0 Å². The van der Waals surface area contributed by atoms with E-state index >= 15 is 0 Å². The summed E-state index contributed by atoms with van der Waals surface area (Å²) < 4.78 is 32.7. The Morgan fingerprint density at radius 2 is 2.00 bits per heavy atom. The molecule has 71 valence electrons. The molecule has 1 radical (unpaired) electrons. The lowest BCUT2D eigenvalue weighted by atomic mass is 10.2. The molecule has 0 atom stereocenters. The van der Waals surface area contributed by atoms with Crippen LogP contribution in [-0.4, -0.2) is 19.6 Å². The Balaban J connectivity index is 2.37. The number of benzene rings is 1. The van der Waals surface area contributed by atoms with Crippen LogP contribution in [0.15, 0.2) is 24.3 Å². The number of rotatable bonds is 4. The van der Waals surface area contributed by atoms with Gasteiger partial charge in [0.1, 0.15) is 0 Å². The Morgan fingerprint density at radius 3 is 2.54 bits per heavy atom. The van der Waals surface area contributed by atoms with Gasteiger partial charge in [-0.05, 0) is 18.1 Å². The maximum atomic E-state index is 10.1. The normalized spacial score (nSPS) is 11.5. The van der Waals surface area contributed by atoms with Crippen LogP contribution in [0.4, 0.5) is 0 Å². The van der Waals surface area contributed by atoms with Crippen LogP contribution in [0.1, 0.15) is 5.56 Å². The molecule has 0 saturated heterocycles. The lowest BCUT2D eigenvalue weighted by Crippen LogP contribution is -2.06. The molecular formula is C8H9O4S. The molecule has 0 aliphatic heterocycles. The fourth-order valence-corrected chi connectivity index (χ4v) is 1.15. The van der Waals surface area contributed by atoms with E-state index in [1.54, 1.807) is 24.3 Å². The molecule has 1 aromatic rings. The maximum Gasteiger partial charge on any atom is 0.397 e. The first-order valence-corrected chi connectivity index (χ1v) is 5.01. The van der Waals surface area contributed by atoms with Gasteiger partial charge in [0.2, 0.25) is 0 Å². The standard InChI is InChI=1S/C8H9O4S/c9-13(10,11)12-7-6-8-4-2-1-3-5-8/h2-5H,6-7H2,(H,9,10,11). The Labute approximate surface area is 77.1 Å². The van der Waals surface area contributed by atoms with Crippen molar-refractivity contribution in [1.29, 1.82) is 0 Å². The van der Waals surface area contributed by atoms with Crippen molar-refractivity contribution in [3.05, 3.63) is 35.9 Å². The van der Waals surface area contributed by atoms with Gasteiger partial charge in [-0.2, -0.15) is 8.42 Å². The van der Waals surface area contributed by atoms with E-state index in [1.165, 1.54) is 0 Å². The zero-order chi connectivity index (χ0) is 9.73. The van der Waals surface area contributed by atoms with Crippen LogP contribution >= 0.6 is 0 Å². The van der Waals surface area contributed by atoms with E-state index in [-0.39, 0.29) is 6.61 Å². The van der Waals surface area contributed by atoms with Crippen LogP contribution < -0.4 is 0 Å². The fourth-order valence-electron chi connectivity index (χ4n) is 0.853. The SMILES string of the molecule is O=S(=O)(O)OCCc1cc[c]cc1. The third-order valence-electron chi connectivity index (χ3n) is 1.41. The van der Waals surface area contributed by atoms with Crippen molar-refractivity contribution < 1.29 is 17.2 Å². The average Bonchev–Trinajstić information content (AvgIpc) is 2.04. The Morgan fingerprint density at radius 1 is 1.38 bits per heavy atom. The molecule has 0 bridgehead atoms. The molecule has 4 nitrogen and oxygen atoms in total. The van der Waals surface area contributed by atoms with E-state index in [9.17, 15) is 8.42 Å². The fraction of sp³-hybridized carbons (Fsp3) is 0.250. The van der Waals surface area contributed by atoms with Crippen LogP contribution in [0, 0.1) is 6.07 Å². The van der Waals surface area contributed by atoms with E-state index in [1.807, 2.05) is 0 Å².